The van der Waals surface area contributed by atoms with Gasteiger partial charge in [-0.2, -0.15) is 5.10 Å². The van der Waals surface area contributed by atoms with E-state index in [1.165, 1.54) is 0 Å². The van der Waals surface area contributed by atoms with Crippen molar-refractivity contribution in [2.75, 3.05) is 19.7 Å². The van der Waals surface area contributed by atoms with Gasteiger partial charge in [0.2, 0.25) is 5.91 Å². The second-order valence-corrected chi connectivity index (χ2v) is 10.6. The van der Waals surface area contributed by atoms with Crippen LogP contribution in [0.5, 0.6) is 11.5 Å². The smallest absolute Gasteiger partial charge is 0.227 e. The standard InChI is InChI=1S/C33H33BrN4O3/c1-4-18-41-25-15-12-23(13-16-25)32-27(20-31(40)37(5-2)6-3)33-35-28(26-19-24(34)14-17-30(26)39)21-29(38(33)36-32)22-10-8-7-9-11-22/h7-17,19,21,39H,4-6,18,20H2,1-3H3. The summed E-state index contributed by atoms with van der Waals surface area (Å²) in [6.45, 7) is 7.91. The van der Waals surface area contributed by atoms with Gasteiger partial charge >= 0.3 is 0 Å². The Kier molecular flexibility index (Phi) is 8.69. The fourth-order valence-electron chi connectivity index (χ4n) is 4.89. The van der Waals surface area contributed by atoms with Gasteiger partial charge in [-0.25, -0.2) is 9.50 Å². The van der Waals surface area contributed by atoms with Gasteiger partial charge in [-0.05, 0) is 68.8 Å². The zero-order chi connectivity index (χ0) is 28.9. The molecule has 2 aromatic heterocycles. The molecule has 0 saturated heterocycles. The number of carbonyl (C=O) groups excluding carboxylic acids is 1. The maximum Gasteiger partial charge on any atom is 0.227 e. The summed E-state index contributed by atoms with van der Waals surface area (Å²) in [5, 5.41) is 15.8. The molecule has 1 amide bonds. The summed E-state index contributed by atoms with van der Waals surface area (Å²) in [6.07, 6.45) is 1.07. The van der Waals surface area contributed by atoms with Gasteiger partial charge in [0.1, 0.15) is 11.5 Å². The predicted molar refractivity (Wildman–Crippen MR) is 166 cm³/mol. The Labute approximate surface area is 248 Å². The van der Waals surface area contributed by atoms with Crippen LogP contribution in [0.15, 0.2) is 83.3 Å². The lowest BCUT2D eigenvalue weighted by molar-refractivity contribution is -0.130. The molecule has 5 rings (SSSR count). The number of aromatic nitrogens is 3. The molecular formula is C33H33BrN4O3. The number of ether oxygens (including phenoxy) is 1. The van der Waals surface area contributed by atoms with Crippen LogP contribution >= 0.6 is 15.9 Å². The molecule has 0 aliphatic heterocycles. The molecule has 0 aliphatic carbocycles. The third kappa shape index (κ3) is 5.98. The lowest BCUT2D eigenvalue weighted by Crippen LogP contribution is -2.31. The van der Waals surface area contributed by atoms with Crippen molar-refractivity contribution in [3.8, 4) is 45.3 Å². The maximum atomic E-state index is 13.5. The van der Waals surface area contributed by atoms with E-state index in [-0.39, 0.29) is 18.1 Å². The van der Waals surface area contributed by atoms with Crippen LogP contribution < -0.4 is 4.74 Å². The maximum absolute atomic E-state index is 13.5. The van der Waals surface area contributed by atoms with E-state index in [1.54, 1.807) is 12.1 Å². The van der Waals surface area contributed by atoms with E-state index < -0.39 is 0 Å². The van der Waals surface area contributed by atoms with Crippen LogP contribution in [0.25, 0.3) is 39.4 Å². The Hall–Kier alpha value is -4.17. The molecule has 0 spiro atoms. The lowest BCUT2D eigenvalue weighted by Gasteiger charge is -2.18. The first-order chi connectivity index (χ1) is 19.9. The van der Waals surface area contributed by atoms with Gasteiger partial charge in [-0.1, -0.05) is 53.2 Å². The van der Waals surface area contributed by atoms with Crippen molar-refractivity contribution in [2.24, 2.45) is 0 Å². The fraction of sp³-hybridized carbons (Fsp3) is 0.242. The summed E-state index contributed by atoms with van der Waals surface area (Å²) < 4.78 is 8.44. The van der Waals surface area contributed by atoms with Crippen LogP contribution in [0.3, 0.4) is 0 Å². The zero-order valence-electron chi connectivity index (χ0n) is 23.5. The summed E-state index contributed by atoms with van der Waals surface area (Å²) in [7, 11) is 0. The topological polar surface area (TPSA) is 80.0 Å². The van der Waals surface area contributed by atoms with Crippen LogP contribution in [0.2, 0.25) is 0 Å². The molecule has 0 saturated carbocycles. The molecule has 0 unspecified atom stereocenters. The Bertz CT molecular complexity index is 1660. The minimum atomic E-state index is 0.00724. The third-order valence-corrected chi connectivity index (χ3v) is 7.53. The highest BCUT2D eigenvalue weighted by Gasteiger charge is 2.24. The summed E-state index contributed by atoms with van der Waals surface area (Å²) in [5.74, 6) is 0.913. The van der Waals surface area contributed by atoms with E-state index in [2.05, 4.69) is 22.9 Å². The number of hydrogen-bond donors (Lipinski definition) is 1. The average Bonchev–Trinajstić information content (AvgIpc) is 3.36. The van der Waals surface area contributed by atoms with Crippen molar-refractivity contribution < 1.29 is 14.6 Å². The van der Waals surface area contributed by atoms with Gasteiger partial charge in [0.05, 0.1) is 30.1 Å². The number of rotatable bonds is 10. The van der Waals surface area contributed by atoms with Gasteiger partial charge in [-0.15, -0.1) is 0 Å². The molecule has 41 heavy (non-hydrogen) atoms. The predicted octanol–water partition coefficient (Wildman–Crippen LogP) is 7.40. The average molecular weight is 614 g/mol. The van der Waals surface area contributed by atoms with Crippen molar-refractivity contribution in [1.82, 2.24) is 19.5 Å². The molecule has 0 atom stereocenters. The lowest BCUT2D eigenvalue weighted by atomic mass is 10.0. The number of likely N-dealkylation sites (N-methyl/N-ethyl adjacent to an activating group) is 1. The van der Waals surface area contributed by atoms with Crippen LogP contribution in [-0.4, -0.2) is 50.2 Å². The van der Waals surface area contributed by atoms with Crippen LogP contribution in [0.4, 0.5) is 0 Å². The van der Waals surface area contributed by atoms with E-state index in [1.807, 2.05) is 90.0 Å². The first-order valence-electron chi connectivity index (χ1n) is 13.9. The monoisotopic (exact) mass is 612 g/mol. The van der Waals surface area contributed by atoms with Gasteiger partial charge in [0.25, 0.3) is 0 Å². The molecule has 5 aromatic rings. The number of carbonyl (C=O) groups is 1. The van der Waals surface area contributed by atoms with Crippen molar-refractivity contribution in [1.29, 1.82) is 0 Å². The zero-order valence-corrected chi connectivity index (χ0v) is 25.1. The number of nitrogens with zero attached hydrogens (tertiary/aromatic N) is 4. The number of phenols is 1. The third-order valence-electron chi connectivity index (χ3n) is 7.03. The van der Waals surface area contributed by atoms with Crippen molar-refractivity contribution in [3.63, 3.8) is 0 Å². The highest BCUT2D eigenvalue weighted by atomic mass is 79.9. The summed E-state index contributed by atoms with van der Waals surface area (Å²) in [5.41, 5.74) is 5.77. The Morgan fingerprint density at radius 3 is 2.37 bits per heavy atom. The number of benzene rings is 3. The second kappa shape index (κ2) is 12.6. The summed E-state index contributed by atoms with van der Waals surface area (Å²) in [4.78, 5) is 20.3. The molecular weight excluding hydrogens is 580 g/mol. The van der Waals surface area contributed by atoms with E-state index in [9.17, 15) is 9.90 Å². The quantitative estimate of drug-likeness (QED) is 0.178. The Balaban J connectivity index is 1.78. The molecule has 2 heterocycles. The molecule has 0 aliphatic rings. The van der Waals surface area contributed by atoms with Crippen molar-refractivity contribution in [3.05, 3.63) is 88.9 Å². The number of halogens is 1. The van der Waals surface area contributed by atoms with Gasteiger partial charge in [0.15, 0.2) is 5.65 Å². The molecule has 3 aromatic carbocycles. The van der Waals surface area contributed by atoms with Crippen LogP contribution in [0, 0.1) is 0 Å². The Morgan fingerprint density at radius 1 is 0.951 bits per heavy atom. The second-order valence-electron chi connectivity index (χ2n) is 9.73. The molecule has 0 bridgehead atoms. The fourth-order valence-corrected chi connectivity index (χ4v) is 5.25. The molecule has 7 nitrogen and oxygen atoms in total. The molecule has 0 fully saturated rings. The van der Waals surface area contributed by atoms with E-state index in [0.29, 0.717) is 42.3 Å². The first kappa shape index (κ1) is 28.4. The number of phenolic OH excluding ortho intramolecular Hbond substituents is 1. The van der Waals surface area contributed by atoms with E-state index >= 15 is 0 Å². The number of fused-ring (bicyclic) bond motifs is 1. The number of aromatic hydroxyl groups is 1. The van der Waals surface area contributed by atoms with Gasteiger partial charge in [0, 0.05) is 39.8 Å². The van der Waals surface area contributed by atoms with Crippen molar-refractivity contribution >= 4 is 27.5 Å². The minimum Gasteiger partial charge on any atom is -0.507 e. The highest BCUT2D eigenvalue weighted by molar-refractivity contribution is 9.10. The van der Waals surface area contributed by atoms with Crippen LogP contribution in [0.1, 0.15) is 32.8 Å². The molecule has 210 valence electrons. The van der Waals surface area contributed by atoms with Gasteiger partial charge < -0.3 is 14.7 Å². The minimum absolute atomic E-state index is 0.00724. The van der Waals surface area contributed by atoms with E-state index in [4.69, 9.17) is 14.8 Å². The Morgan fingerprint density at radius 2 is 1.68 bits per heavy atom. The molecule has 0 radical (unpaired) electrons. The van der Waals surface area contributed by atoms with Gasteiger partial charge in [-0.3, -0.25) is 4.79 Å². The van der Waals surface area contributed by atoms with Crippen LogP contribution in [-0.2, 0) is 11.2 Å². The normalized spacial score (nSPS) is 11.1. The van der Waals surface area contributed by atoms with Crippen molar-refractivity contribution in [2.45, 2.75) is 33.6 Å². The summed E-state index contributed by atoms with van der Waals surface area (Å²) >= 11 is 3.52. The molecule has 1 N–H and O–H groups in total. The summed E-state index contributed by atoms with van der Waals surface area (Å²) in [6, 6.07) is 25.0. The largest absolute Gasteiger partial charge is 0.507 e. The number of amides is 1. The first-order valence-corrected chi connectivity index (χ1v) is 14.7. The molecule has 8 heteroatoms. The number of hydrogen-bond acceptors (Lipinski definition) is 5. The highest BCUT2D eigenvalue weighted by Crippen LogP contribution is 2.36. The van der Waals surface area contributed by atoms with E-state index in [0.717, 1.165) is 39.0 Å². The SMILES string of the molecule is CCCOc1ccc(-c2nn3c(-c4ccccc4)cc(-c4cc(Br)ccc4O)nc3c2CC(=O)N(CC)CC)cc1.